The van der Waals surface area contributed by atoms with Crippen molar-refractivity contribution in [3.63, 3.8) is 0 Å². The van der Waals surface area contributed by atoms with E-state index in [0.717, 1.165) is 18.2 Å². The lowest BCUT2D eigenvalue weighted by Gasteiger charge is -2.41. The molecule has 7 nitrogen and oxygen atoms in total. The van der Waals surface area contributed by atoms with Gasteiger partial charge < -0.3 is 19.5 Å². The van der Waals surface area contributed by atoms with Crippen molar-refractivity contribution in [1.82, 2.24) is 14.8 Å². The van der Waals surface area contributed by atoms with Crippen LogP contribution in [0.5, 0.6) is 0 Å². The number of fused-ring (bicyclic) bond motifs is 2. The Labute approximate surface area is 164 Å². The number of halogens is 2. The van der Waals surface area contributed by atoms with Crippen molar-refractivity contribution in [2.24, 2.45) is 0 Å². The molecule has 1 saturated heterocycles. The van der Waals surface area contributed by atoms with E-state index in [1.807, 2.05) is 6.92 Å². The molecule has 1 N–H and O–H groups in total. The summed E-state index contributed by atoms with van der Waals surface area (Å²) in [6, 6.07) is 4.04. The molecule has 1 aromatic heterocycles. The van der Waals surface area contributed by atoms with E-state index in [-0.39, 0.29) is 41.9 Å². The average molecular weight is 403 g/mol. The van der Waals surface area contributed by atoms with Crippen LogP contribution in [0, 0.1) is 11.6 Å². The molecule has 2 aliphatic heterocycles. The van der Waals surface area contributed by atoms with Crippen LogP contribution in [-0.2, 0) is 17.8 Å². The van der Waals surface area contributed by atoms with Gasteiger partial charge in [-0.05, 0) is 19.9 Å². The Balaban J connectivity index is 1.60. The van der Waals surface area contributed by atoms with Gasteiger partial charge in [-0.3, -0.25) is 14.4 Å². The molecule has 0 aliphatic carbocycles. The highest BCUT2D eigenvalue weighted by Crippen LogP contribution is 2.34. The molecule has 0 bridgehead atoms. The Kier molecular flexibility index (Phi) is 4.49. The lowest BCUT2D eigenvalue weighted by atomic mass is 10.1. The van der Waals surface area contributed by atoms with Gasteiger partial charge in [0.1, 0.15) is 22.9 Å². The van der Waals surface area contributed by atoms with Crippen LogP contribution >= 0.6 is 0 Å². The second kappa shape index (κ2) is 6.77. The minimum atomic E-state index is -0.858. The van der Waals surface area contributed by atoms with Gasteiger partial charge in [0.2, 0.25) is 0 Å². The standard InChI is InChI=1S/C20H19F2N3O4/c1-11-9-29-20(2)10-24-8-14(17(26)6-16(24)19(28)25(11)20)18(27)23-7-12-3-4-13(21)5-15(12)22/h3-6,8,11H,7,9-10H2,1-2H3,(H,23,27)/t11-,20+/m0/s1. The van der Waals surface area contributed by atoms with Gasteiger partial charge in [0, 0.05) is 30.4 Å². The van der Waals surface area contributed by atoms with E-state index in [1.165, 1.54) is 16.8 Å². The molecule has 0 spiro atoms. The van der Waals surface area contributed by atoms with Crippen molar-refractivity contribution in [3.8, 4) is 0 Å². The molecule has 152 valence electrons. The fourth-order valence-electron chi connectivity index (χ4n) is 3.88. The third kappa shape index (κ3) is 3.21. The molecule has 1 fully saturated rings. The number of carbonyl (C=O) groups is 2. The number of amides is 2. The first-order chi connectivity index (χ1) is 13.7. The average Bonchev–Trinajstić information content (AvgIpc) is 2.96. The summed E-state index contributed by atoms with van der Waals surface area (Å²) in [7, 11) is 0. The monoisotopic (exact) mass is 403 g/mol. The molecule has 4 rings (SSSR count). The number of hydrogen-bond donors (Lipinski definition) is 1. The molecule has 2 atom stereocenters. The molecule has 0 unspecified atom stereocenters. The van der Waals surface area contributed by atoms with Gasteiger partial charge in [0.15, 0.2) is 11.2 Å². The molecule has 0 radical (unpaired) electrons. The van der Waals surface area contributed by atoms with Crippen LogP contribution in [-0.4, -0.2) is 39.7 Å². The van der Waals surface area contributed by atoms with Crippen LogP contribution in [0.1, 0.15) is 40.3 Å². The molecule has 29 heavy (non-hydrogen) atoms. The van der Waals surface area contributed by atoms with Crippen LogP contribution in [0.4, 0.5) is 8.78 Å². The van der Waals surface area contributed by atoms with Crippen LogP contribution in [0.2, 0.25) is 0 Å². The first-order valence-corrected chi connectivity index (χ1v) is 9.14. The van der Waals surface area contributed by atoms with E-state index < -0.39 is 28.7 Å². The zero-order valence-corrected chi connectivity index (χ0v) is 15.9. The van der Waals surface area contributed by atoms with E-state index in [2.05, 4.69) is 5.32 Å². The fourth-order valence-corrected chi connectivity index (χ4v) is 3.88. The predicted octanol–water partition coefficient (Wildman–Crippen LogP) is 1.65. The SMILES string of the molecule is C[C@H]1CO[C@]2(C)Cn3cc(C(=O)NCc4ccc(F)cc4F)c(=O)cc3C(=O)N12. The third-order valence-electron chi connectivity index (χ3n) is 5.31. The summed E-state index contributed by atoms with van der Waals surface area (Å²) < 4.78 is 34.0. The molecule has 2 amide bonds. The van der Waals surface area contributed by atoms with Crippen molar-refractivity contribution >= 4 is 11.8 Å². The van der Waals surface area contributed by atoms with Gasteiger partial charge in [0.25, 0.3) is 11.8 Å². The number of rotatable bonds is 3. The lowest BCUT2D eigenvalue weighted by Crippen LogP contribution is -2.56. The highest BCUT2D eigenvalue weighted by Gasteiger charge is 2.49. The second-order valence-corrected chi connectivity index (χ2v) is 7.49. The van der Waals surface area contributed by atoms with Crippen LogP contribution in [0.25, 0.3) is 0 Å². The van der Waals surface area contributed by atoms with E-state index in [1.54, 1.807) is 11.8 Å². The quantitative estimate of drug-likeness (QED) is 0.845. The first kappa shape index (κ1) is 19.3. The minimum Gasteiger partial charge on any atom is -0.352 e. The van der Waals surface area contributed by atoms with Crippen molar-refractivity contribution in [2.75, 3.05) is 6.61 Å². The van der Waals surface area contributed by atoms with E-state index in [4.69, 9.17) is 4.74 Å². The summed E-state index contributed by atoms with van der Waals surface area (Å²) in [5, 5.41) is 2.46. The molecule has 3 heterocycles. The maximum Gasteiger partial charge on any atom is 0.273 e. The highest BCUT2D eigenvalue weighted by molar-refractivity contribution is 5.97. The molecular weight excluding hydrogens is 384 g/mol. The Morgan fingerprint density at radius 3 is 2.79 bits per heavy atom. The molecular formula is C20H19F2N3O4. The topological polar surface area (TPSA) is 80.6 Å². The number of ether oxygens (including phenoxy) is 1. The van der Waals surface area contributed by atoms with E-state index >= 15 is 0 Å². The van der Waals surface area contributed by atoms with Crippen molar-refractivity contribution < 1.29 is 23.1 Å². The Hall–Kier alpha value is -3.07. The van der Waals surface area contributed by atoms with Gasteiger partial charge in [0.05, 0.1) is 19.2 Å². The molecule has 2 aromatic rings. The number of nitrogens with one attached hydrogen (secondary N) is 1. The lowest BCUT2D eigenvalue weighted by molar-refractivity contribution is -0.0749. The third-order valence-corrected chi connectivity index (χ3v) is 5.31. The van der Waals surface area contributed by atoms with Crippen molar-refractivity contribution in [1.29, 1.82) is 0 Å². The fraction of sp³-hybridized carbons (Fsp3) is 0.350. The summed E-state index contributed by atoms with van der Waals surface area (Å²) in [6.07, 6.45) is 1.32. The zero-order chi connectivity index (χ0) is 20.9. The normalized spacial score (nSPS) is 23.0. The van der Waals surface area contributed by atoms with E-state index in [9.17, 15) is 23.2 Å². The van der Waals surface area contributed by atoms with Gasteiger partial charge in [-0.2, -0.15) is 0 Å². The molecule has 1 aromatic carbocycles. The Morgan fingerprint density at radius 2 is 2.07 bits per heavy atom. The van der Waals surface area contributed by atoms with Crippen molar-refractivity contribution in [2.45, 2.75) is 38.7 Å². The van der Waals surface area contributed by atoms with Gasteiger partial charge >= 0.3 is 0 Å². The number of carbonyl (C=O) groups excluding carboxylic acids is 2. The van der Waals surface area contributed by atoms with Crippen LogP contribution in [0.15, 0.2) is 35.3 Å². The number of aromatic nitrogens is 1. The summed E-state index contributed by atoms with van der Waals surface area (Å²) in [6.45, 7) is 4.10. The molecule has 2 aliphatic rings. The second-order valence-electron chi connectivity index (χ2n) is 7.49. The summed E-state index contributed by atoms with van der Waals surface area (Å²) in [5.74, 6) is -2.56. The van der Waals surface area contributed by atoms with Crippen LogP contribution < -0.4 is 10.7 Å². The summed E-state index contributed by atoms with van der Waals surface area (Å²) in [4.78, 5) is 39.4. The molecule has 9 heteroatoms. The van der Waals surface area contributed by atoms with Gasteiger partial charge in [-0.25, -0.2) is 8.78 Å². The largest absolute Gasteiger partial charge is 0.352 e. The maximum atomic E-state index is 13.7. The summed E-state index contributed by atoms with van der Waals surface area (Å²) >= 11 is 0. The highest BCUT2D eigenvalue weighted by atomic mass is 19.1. The number of pyridine rings is 1. The maximum absolute atomic E-state index is 13.7. The smallest absolute Gasteiger partial charge is 0.273 e. The molecule has 0 saturated carbocycles. The minimum absolute atomic E-state index is 0.0875. The number of benzene rings is 1. The number of nitrogens with zero attached hydrogens (tertiary/aromatic N) is 2. The van der Waals surface area contributed by atoms with Crippen LogP contribution in [0.3, 0.4) is 0 Å². The van der Waals surface area contributed by atoms with Gasteiger partial charge in [-0.15, -0.1) is 0 Å². The van der Waals surface area contributed by atoms with E-state index in [0.29, 0.717) is 6.61 Å². The summed E-state index contributed by atoms with van der Waals surface area (Å²) in [5.41, 5.74) is -1.37. The Bertz CT molecular complexity index is 1080. The van der Waals surface area contributed by atoms with Crippen molar-refractivity contribution in [3.05, 3.63) is 69.1 Å². The van der Waals surface area contributed by atoms with Gasteiger partial charge in [-0.1, -0.05) is 6.07 Å². The predicted molar refractivity (Wildman–Crippen MR) is 98.2 cm³/mol. The number of hydrogen-bond acceptors (Lipinski definition) is 4. The zero-order valence-electron chi connectivity index (χ0n) is 15.9. The first-order valence-electron chi connectivity index (χ1n) is 9.14. The Morgan fingerprint density at radius 1 is 1.31 bits per heavy atom.